The maximum Gasteiger partial charge on any atom is 0.217 e. The van der Waals surface area contributed by atoms with E-state index in [1.54, 1.807) is 22.9 Å². The molecule has 6 heteroatoms. The number of nitrogens with zero attached hydrogens (tertiary/aromatic N) is 3. The number of benzene rings is 1. The molecule has 0 bridgehead atoms. The lowest BCUT2D eigenvalue weighted by atomic mass is 10.2. The number of halogens is 1. The number of oxazole rings is 1. The maximum atomic E-state index is 13.7. The Kier molecular flexibility index (Phi) is 2.51. The van der Waals surface area contributed by atoms with Crippen LogP contribution >= 0.6 is 0 Å². The van der Waals surface area contributed by atoms with Gasteiger partial charge < -0.3 is 10.2 Å². The number of hydrogen-bond donors (Lipinski definition) is 1. The summed E-state index contributed by atoms with van der Waals surface area (Å²) in [4.78, 5) is 8.24. The molecule has 0 aliphatic heterocycles. The Morgan fingerprint density at radius 2 is 2.21 bits per heavy atom. The van der Waals surface area contributed by atoms with Gasteiger partial charge >= 0.3 is 0 Å². The van der Waals surface area contributed by atoms with Gasteiger partial charge in [-0.3, -0.25) is 4.57 Å². The molecule has 3 rings (SSSR count). The van der Waals surface area contributed by atoms with Crippen LogP contribution < -0.4 is 5.73 Å². The van der Waals surface area contributed by atoms with Gasteiger partial charge in [0.2, 0.25) is 11.8 Å². The topological polar surface area (TPSA) is 69.9 Å². The largest absolute Gasteiger partial charge is 0.444 e. The van der Waals surface area contributed by atoms with E-state index in [9.17, 15) is 4.39 Å². The molecule has 3 aromatic rings. The lowest BCUT2D eigenvalue weighted by Gasteiger charge is -2.12. The summed E-state index contributed by atoms with van der Waals surface area (Å²) < 4.78 is 20.9. The zero-order chi connectivity index (χ0) is 13.6. The molecule has 2 heterocycles. The van der Waals surface area contributed by atoms with Gasteiger partial charge in [-0.1, -0.05) is 6.07 Å². The molecule has 1 aromatic carbocycles. The number of anilines is 1. The Morgan fingerprint density at radius 3 is 2.89 bits per heavy atom. The number of nitrogen functional groups attached to an aromatic ring is 1. The zero-order valence-electron chi connectivity index (χ0n) is 10.6. The molecule has 0 amide bonds. The van der Waals surface area contributed by atoms with Crippen LogP contribution in [-0.2, 0) is 0 Å². The first-order valence-electron chi connectivity index (χ1n) is 5.92. The molecule has 1 unspecified atom stereocenters. The highest BCUT2D eigenvalue weighted by Gasteiger charge is 2.20. The third kappa shape index (κ3) is 1.76. The minimum Gasteiger partial charge on any atom is -0.444 e. The number of aryl methyl sites for hydroxylation is 1. The number of hydrogen-bond acceptors (Lipinski definition) is 4. The summed E-state index contributed by atoms with van der Waals surface area (Å²) >= 11 is 0. The summed E-state index contributed by atoms with van der Waals surface area (Å²) in [5.74, 6) is 1.09. The Morgan fingerprint density at radius 1 is 1.42 bits per heavy atom. The van der Waals surface area contributed by atoms with Crippen LogP contribution in [0.5, 0.6) is 0 Å². The smallest absolute Gasteiger partial charge is 0.217 e. The molecule has 0 radical (unpaired) electrons. The van der Waals surface area contributed by atoms with Crippen molar-refractivity contribution in [1.82, 2.24) is 14.5 Å². The Bertz CT molecular complexity index is 746. The van der Waals surface area contributed by atoms with E-state index >= 15 is 0 Å². The molecule has 2 aromatic heterocycles. The maximum absolute atomic E-state index is 13.7. The Balaban J connectivity index is 2.19. The van der Waals surface area contributed by atoms with Crippen molar-refractivity contribution in [2.45, 2.75) is 19.9 Å². The van der Waals surface area contributed by atoms with Crippen LogP contribution in [0.2, 0.25) is 0 Å². The molecule has 2 N–H and O–H groups in total. The van der Waals surface area contributed by atoms with Crippen molar-refractivity contribution in [3.63, 3.8) is 0 Å². The summed E-state index contributed by atoms with van der Waals surface area (Å²) in [6, 6.07) is 4.51. The van der Waals surface area contributed by atoms with Crippen molar-refractivity contribution in [3.05, 3.63) is 41.9 Å². The van der Waals surface area contributed by atoms with Crippen LogP contribution in [0.25, 0.3) is 11.0 Å². The van der Waals surface area contributed by atoms with E-state index in [2.05, 4.69) is 9.97 Å². The van der Waals surface area contributed by atoms with E-state index < -0.39 is 5.82 Å². The molecule has 0 aliphatic carbocycles. The number of rotatable bonds is 2. The lowest BCUT2D eigenvalue weighted by Crippen LogP contribution is -2.10. The summed E-state index contributed by atoms with van der Waals surface area (Å²) in [5, 5.41) is 0. The van der Waals surface area contributed by atoms with Crippen molar-refractivity contribution in [2.75, 3.05) is 5.73 Å². The fraction of sp³-hybridized carbons (Fsp3) is 0.231. The highest BCUT2D eigenvalue weighted by atomic mass is 19.1. The normalized spacial score (nSPS) is 13.0. The van der Waals surface area contributed by atoms with Gasteiger partial charge in [0.05, 0.1) is 11.7 Å². The average Bonchev–Trinajstić information content (AvgIpc) is 2.93. The van der Waals surface area contributed by atoms with Gasteiger partial charge in [-0.15, -0.1) is 0 Å². The summed E-state index contributed by atoms with van der Waals surface area (Å²) in [7, 11) is 0. The Hall–Kier alpha value is -2.37. The molecule has 0 aliphatic rings. The molecule has 0 saturated heterocycles. The minimum absolute atomic E-state index is 0.239. The van der Waals surface area contributed by atoms with Crippen molar-refractivity contribution < 1.29 is 8.81 Å². The summed E-state index contributed by atoms with van der Waals surface area (Å²) in [6.07, 6.45) is 1.64. The third-order valence-electron chi connectivity index (χ3n) is 3.08. The van der Waals surface area contributed by atoms with E-state index in [1.807, 2.05) is 13.8 Å². The van der Waals surface area contributed by atoms with Crippen molar-refractivity contribution in [1.29, 1.82) is 0 Å². The second-order valence-corrected chi connectivity index (χ2v) is 4.43. The molecule has 0 saturated carbocycles. The van der Waals surface area contributed by atoms with Gasteiger partial charge in [0.1, 0.15) is 17.3 Å². The van der Waals surface area contributed by atoms with Gasteiger partial charge in [-0.25, -0.2) is 14.4 Å². The standard InChI is InChI=1S/C13H13FN4O/c1-7-6-16-12(19-7)8(2)18-10-5-3-4-9(14)11(10)17-13(18)15/h3-6,8H,1-2H3,(H2,15,17). The third-order valence-corrected chi connectivity index (χ3v) is 3.08. The van der Waals surface area contributed by atoms with E-state index in [-0.39, 0.29) is 17.5 Å². The number of imidazole rings is 1. The van der Waals surface area contributed by atoms with Gasteiger partial charge in [0, 0.05) is 0 Å². The minimum atomic E-state index is -0.390. The second-order valence-electron chi connectivity index (χ2n) is 4.43. The van der Waals surface area contributed by atoms with Gasteiger partial charge in [-0.05, 0) is 26.0 Å². The van der Waals surface area contributed by atoms with E-state index in [0.29, 0.717) is 11.4 Å². The average molecular weight is 260 g/mol. The van der Waals surface area contributed by atoms with Crippen molar-refractivity contribution in [3.8, 4) is 0 Å². The molecule has 0 spiro atoms. The van der Waals surface area contributed by atoms with E-state index in [0.717, 1.165) is 5.76 Å². The predicted molar refractivity (Wildman–Crippen MR) is 69.2 cm³/mol. The van der Waals surface area contributed by atoms with Crippen molar-refractivity contribution in [2.24, 2.45) is 0 Å². The highest BCUT2D eigenvalue weighted by molar-refractivity contribution is 5.79. The Labute approximate surface area is 108 Å². The molecule has 1 atom stereocenters. The monoisotopic (exact) mass is 260 g/mol. The van der Waals surface area contributed by atoms with Crippen LogP contribution in [0.3, 0.4) is 0 Å². The summed E-state index contributed by atoms with van der Waals surface area (Å²) in [5.41, 5.74) is 6.77. The van der Waals surface area contributed by atoms with Crippen molar-refractivity contribution >= 4 is 17.0 Å². The fourth-order valence-electron chi connectivity index (χ4n) is 2.18. The van der Waals surface area contributed by atoms with E-state index in [4.69, 9.17) is 10.2 Å². The first-order valence-corrected chi connectivity index (χ1v) is 5.92. The molecule has 98 valence electrons. The molecule has 19 heavy (non-hydrogen) atoms. The zero-order valence-corrected chi connectivity index (χ0v) is 10.6. The van der Waals surface area contributed by atoms with Crippen LogP contribution in [0.4, 0.5) is 10.3 Å². The SMILES string of the molecule is Cc1cnc(C(C)n2c(N)nc3c(F)cccc32)o1. The number of para-hydroxylation sites is 1. The first kappa shape index (κ1) is 11.7. The molecular formula is C13H13FN4O. The molecule has 0 fully saturated rings. The second kappa shape index (κ2) is 4.08. The van der Waals surface area contributed by atoms with Crippen LogP contribution in [0.1, 0.15) is 24.6 Å². The quantitative estimate of drug-likeness (QED) is 0.769. The van der Waals surface area contributed by atoms with E-state index in [1.165, 1.54) is 6.07 Å². The van der Waals surface area contributed by atoms with Gasteiger partial charge in [-0.2, -0.15) is 0 Å². The fourth-order valence-corrected chi connectivity index (χ4v) is 2.18. The van der Waals surface area contributed by atoms with Crippen LogP contribution in [-0.4, -0.2) is 14.5 Å². The first-order chi connectivity index (χ1) is 9.08. The molecule has 5 nitrogen and oxygen atoms in total. The molecular weight excluding hydrogens is 247 g/mol. The van der Waals surface area contributed by atoms with Crippen LogP contribution in [0, 0.1) is 12.7 Å². The number of fused-ring (bicyclic) bond motifs is 1. The van der Waals surface area contributed by atoms with Crippen LogP contribution in [0.15, 0.2) is 28.8 Å². The summed E-state index contributed by atoms with van der Waals surface area (Å²) in [6.45, 7) is 3.70. The predicted octanol–water partition coefficient (Wildman–Crippen LogP) is 2.66. The number of aromatic nitrogens is 3. The van der Waals surface area contributed by atoms with Gasteiger partial charge in [0.15, 0.2) is 5.82 Å². The lowest BCUT2D eigenvalue weighted by molar-refractivity contribution is 0.421. The highest BCUT2D eigenvalue weighted by Crippen LogP contribution is 2.28. The number of nitrogens with two attached hydrogens (primary N) is 1. The van der Waals surface area contributed by atoms with Gasteiger partial charge in [0.25, 0.3) is 0 Å².